The van der Waals surface area contributed by atoms with Crippen LogP contribution in [0, 0.1) is 0 Å². The Bertz CT molecular complexity index is 812. The molecule has 1 aliphatic rings. The number of piperazine rings is 1. The lowest BCUT2D eigenvalue weighted by Crippen LogP contribution is -2.46. The van der Waals surface area contributed by atoms with E-state index in [4.69, 9.17) is 19.8 Å². The van der Waals surface area contributed by atoms with Crippen molar-refractivity contribution in [1.29, 1.82) is 0 Å². The van der Waals surface area contributed by atoms with Gasteiger partial charge in [0.25, 0.3) is 0 Å². The van der Waals surface area contributed by atoms with Gasteiger partial charge in [0.2, 0.25) is 0 Å². The fraction of sp³-hybridized carbons (Fsp3) is 0.364. The van der Waals surface area contributed by atoms with Gasteiger partial charge in [-0.2, -0.15) is 0 Å². The maximum Gasteiger partial charge on any atom is 0.414 e. The molecule has 0 atom stereocenters. The molecular weight excluding hydrogens is 452 g/mol. The summed E-state index contributed by atoms with van der Waals surface area (Å²) in [6.07, 6.45) is 2.38. The normalized spacial score (nSPS) is 14.6. The number of rotatable bonds is 6. The van der Waals surface area contributed by atoms with Crippen LogP contribution in [0.5, 0.6) is 5.75 Å². The molecule has 0 spiro atoms. The summed E-state index contributed by atoms with van der Waals surface area (Å²) in [5.41, 5.74) is 2.43. The number of carboxylic acid groups (broad SMARTS) is 2. The molecule has 1 fully saturated rings. The molecule has 2 aromatic rings. The van der Waals surface area contributed by atoms with Gasteiger partial charge in [0.15, 0.2) is 0 Å². The van der Waals surface area contributed by atoms with E-state index in [1.165, 1.54) is 18.5 Å². The van der Waals surface area contributed by atoms with E-state index in [9.17, 15) is 5.11 Å². The van der Waals surface area contributed by atoms with Crippen LogP contribution in [0.25, 0.3) is 0 Å². The van der Waals surface area contributed by atoms with Crippen molar-refractivity contribution in [3.05, 3.63) is 64.1 Å². The molecule has 3 rings (SSSR count). The number of carbonyl (C=O) groups is 2. The fourth-order valence-electron chi connectivity index (χ4n) is 3.24. The Morgan fingerprint density at radius 1 is 0.900 bits per heavy atom. The Labute approximate surface area is 184 Å². The van der Waals surface area contributed by atoms with Crippen molar-refractivity contribution in [3.63, 3.8) is 0 Å². The lowest BCUT2D eigenvalue weighted by molar-refractivity contribution is -0.159. The molecular formula is C22H27BrN2O5. The summed E-state index contributed by atoms with van der Waals surface area (Å²) in [4.78, 5) is 23.2. The number of benzene rings is 2. The second-order valence-electron chi connectivity index (χ2n) is 7.09. The van der Waals surface area contributed by atoms with E-state index in [2.05, 4.69) is 56.1 Å². The summed E-state index contributed by atoms with van der Waals surface area (Å²) in [7, 11) is 0. The first kappa shape index (κ1) is 23.9. The number of halogens is 1. The van der Waals surface area contributed by atoms with Crippen LogP contribution in [-0.2, 0) is 22.6 Å². The zero-order valence-electron chi connectivity index (χ0n) is 16.7. The van der Waals surface area contributed by atoms with Crippen molar-refractivity contribution < 1.29 is 24.9 Å². The number of aromatic hydroxyl groups is 1. The summed E-state index contributed by atoms with van der Waals surface area (Å²) in [5, 5.41) is 24.8. The van der Waals surface area contributed by atoms with E-state index in [0.29, 0.717) is 5.75 Å². The van der Waals surface area contributed by atoms with Crippen LogP contribution in [-0.4, -0.2) is 69.8 Å². The van der Waals surface area contributed by atoms with E-state index in [0.717, 1.165) is 49.2 Å². The highest BCUT2D eigenvalue weighted by Gasteiger charge is 2.17. The largest absolute Gasteiger partial charge is 0.508 e. The van der Waals surface area contributed by atoms with E-state index in [1.54, 1.807) is 6.07 Å². The lowest BCUT2D eigenvalue weighted by Gasteiger charge is -2.34. The number of hydrogen-bond acceptors (Lipinski definition) is 5. The lowest BCUT2D eigenvalue weighted by atomic mass is 10.1. The average Bonchev–Trinajstić information content (AvgIpc) is 2.73. The first-order valence-electron chi connectivity index (χ1n) is 9.77. The van der Waals surface area contributed by atoms with E-state index < -0.39 is 11.9 Å². The van der Waals surface area contributed by atoms with Gasteiger partial charge in [-0.1, -0.05) is 46.3 Å². The topological polar surface area (TPSA) is 101 Å². The maximum atomic E-state index is 9.98. The van der Waals surface area contributed by atoms with Gasteiger partial charge < -0.3 is 20.2 Å². The van der Waals surface area contributed by atoms with E-state index in [-0.39, 0.29) is 0 Å². The summed E-state index contributed by atoms with van der Waals surface area (Å²) >= 11 is 3.48. The minimum absolute atomic E-state index is 0.392. The number of aryl methyl sites for hydroxylation is 1. The van der Waals surface area contributed by atoms with Crippen LogP contribution in [0.2, 0.25) is 0 Å². The molecule has 0 amide bonds. The highest BCUT2D eigenvalue weighted by atomic mass is 79.9. The summed E-state index contributed by atoms with van der Waals surface area (Å²) < 4.78 is 1.02. The average molecular weight is 479 g/mol. The van der Waals surface area contributed by atoms with Crippen molar-refractivity contribution in [3.8, 4) is 5.75 Å². The van der Waals surface area contributed by atoms with Crippen molar-refractivity contribution in [1.82, 2.24) is 9.80 Å². The molecule has 30 heavy (non-hydrogen) atoms. The molecule has 1 aliphatic heterocycles. The first-order valence-corrected chi connectivity index (χ1v) is 10.6. The van der Waals surface area contributed by atoms with Crippen LogP contribution in [0.15, 0.2) is 53.0 Å². The zero-order valence-corrected chi connectivity index (χ0v) is 18.3. The van der Waals surface area contributed by atoms with E-state index >= 15 is 0 Å². The number of nitrogens with zero attached hydrogens (tertiary/aromatic N) is 2. The Balaban J connectivity index is 0.000000469. The van der Waals surface area contributed by atoms with Gasteiger partial charge in [-0.3, -0.25) is 4.90 Å². The Morgan fingerprint density at radius 2 is 1.50 bits per heavy atom. The maximum absolute atomic E-state index is 9.98. The smallest absolute Gasteiger partial charge is 0.414 e. The molecule has 3 N–H and O–H groups in total. The molecule has 0 unspecified atom stereocenters. The number of aliphatic carboxylic acids is 2. The molecule has 0 aromatic heterocycles. The van der Waals surface area contributed by atoms with Gasteiger partial charge in [0.1, 0.15) is 5.75 Å². The number of phenolic OH excluding ortho intramolecular Hbond substituents is 1. The molecule has 2 aromatic carbocycles. The van der Waals surface area contributed by atoms with Crippen LogP contribution in [0.4, 0.5) is 0 Å². The molecule has 0 aliphatic carbocycles. The van der Waals surface area contributed by atoms with Crippen LogP contribution in [0.3, 0.4) is 0 Å². The molecule has 7 nitrogen and oxygen atoms in total. The van der Waals surface area contributed by atoms with Gasteiger partial charge >= 0.3 is 11.9 Å². The second-order valence-corrected chi connectivity index (χ2v) is 8.01. The predicted octanol–water partition coefficient (Wildman–Crippen LogP) is 3.06. The summed E-state index contributed by atoms with van der Waals surface area (Å²) in [6, 6.07) is 16.4. The fourth-order valence-corrected chi connectivity index (χ4v) is 3.65. The number of carboxylic acids is 2. The third kappa shape index (κ3) is 8.52. The van der Waals surface area contributed by atoms with Gasteiger partial charge in [0.05, 0.1) is 0 Å². The molecule has 1 saturated heterocycles. The number of phenols is 1. The monoisotopic (exact) mass is 478 g/mol. The van der Waals surface area contributed by atoms with Crippen LogP contribution < -0.4 is 0 Å². The van der Waals surface area contributed by atoms with E-state index in [1.807, 2.05) is 12.1 Å². The van der Waals surface area contributed by atoms with Gasteiger partial charge in [-0.15, -0.1) is 0 Å². The van der Waals surface area contributed by atoms with Gasteiger partial charge in [0, 0.05) is 42.8 Å². The SMILES string of the molecule is O=C(O)C(=O)O.Oc1ccc(Br)cc1CN1CCN(CCCc2ccccc2)CC1. The zero-order chi connectivity index (χ0) is 21.9. The Kier molecular flexibility index (Phi) is 9.79. The van der Waals surface area contributed by atoms with Crippen LogP contribution >= 0.6 is 15.9 Å². The van der Waals surface area contributed by atoms with Gasteiger partial charge in [-0.05, 0) is 43.1 Å². The Morgan fingerprint density at radius 3 is 2.10 bits per heavy atom. The molecule has 0 saturated carbocycles. The molecule has 162 valence electrons. The molecule has 1 heterocycles. The van der Waals surface area contributed by atoms with Crippen LogP contribution in [0.1, 0.15) is 17.5 Å². The highest BCUT2D eigenvalue weighted by Crippen LogP contribution is 2.23. The molecule has 0 bridgehead atoms. The summed E-state index contributed by atoms with van der Waals surface area (Å²) in [6.45, 7) is 6.36. The van der Waals surface area contributed by atoms with Crippen molar-refractivity contribution in [2.45, 2.75) is 19.4 Å². The third-order valence-electron chi connectivity index (χ3n) is 4.87. The highest BCUT2D eigenvalue weighted by molar-refractivity contribution is 9.10. The van der Waals surface area contributed by atoms with Crippen molar-refractivity contribution >= 4 is 27.9 Å². The standard InChI is InChI=1S/C20H25BrN2O.C2H2O4/c21-19-8-9-20(24)18(15-19)16-23-13-11-22(12-14-23)10-4-7-17-5-2-1-3-6-17;3-1(4)2(5)6/h1-3,5-6,8-9,15,24H,4,7,10-14,16H2;(H,3,4)(H,5,6). The molecule has 8 heteroatoms. The predicted molar refractivity (Wildman–Crippen MR) is 118 cm³/mol. The third-order valence-corrected chi connectivity index (χ3v) is 5.36. The minimum atomic E-state index is -1.82. The van der Waals surface area contributed by atoms with Crippen molar-refractivity contribution in [2.75, 3.05) is 32.7 Å². The summed E-state index contributed by atoms with van der Waals surface area (Å²) in [5.74, 6) is -3.26. The minimum Gasteiger partial charge on any atom is -0.508 e. The van der Waals surface area contributed by atoms with Gasteiger partial charge in [-0.25, -0.2) is 9.59 Å². The van der Waals surface area contributed by atoms with Crippen molar-refractivity contribution in [2.24, 2.45) is 0 Å². The number of hydrogen-bond donors (Lipinski definition) is 3. The quantitative estimate of drug-likeness (QED) is 0.548. The second kappa shape index (κ2) is 12.3. The molecule has 0 radical (unpaired) electrons. The first-order chi connectivity index (χ1) is 14.3. The Hall–Kier alpha value is -2.42.